The van der Waals surface area contributed by atoms with Gasteiger partial charge in [0.25, 0.3) is 0 Å². The van der Waals surface area contributed by atoms with Crippen molar-refractivity contribution in [3.8, 4) is 17.9 Å². The van der Waals surface area contributed by atoms with E-state index in [1.54, 1.807) is 17.9 Å². The fourth-order valence-corrected chi connectivity index (χ4v) is 2.09. The van der Waals surface area contributed by atoms with E-state index in [4.69, 9.17) is 15.3 Å². The first-order valence-electron chi connectivity index (χ1n) is 5.96. The zero-order chi connectivity index (χ0) is 14.7. The van der Waals surface area contributed by atoms with Gasteiger partial charge < -0.3 is 9.30 Å². The molecular formula is C14H13N5O. The normalized spacial score (nSPS) is 9.85. The van der Waals surface area contributed by atoms with Gasteiger partial charge in [0.1, 0.15) is 17.9 Å². The van der Waals surface area contributed by atoms with Crippen molar-refractivity contribution in [2.45, 2.75) is 20.4 Å². The Morgan fingerprint density at radius 3 is 2.60 bits per heavy atom. The minimum absolute atomic E-state index is 0.129. The number of rotatable bonds is 3. The maximum atomic E-state index is 9.10. The van der Waals surface area contributed by atoms with Crippen LogP contribution in [0.3, 0.4) is 0 Å². The number of ether oxygens (including phenoxy) is 1. The molecule has 0 aliphatic heterocycles. The number of nitriles is 2. The predicted molar refractivity (Wildman–Crippen MR) is 71.0 cm³/mol. The Morgan fingerprint density at radius 2 is 2.00 bits per heavy atom. The van der Waals surface area contributed by atoms with Crippen molar-refractivity contribution in [3.05, 3.63) is 40.7 Å². The molecule has 2 heterocycles. The topological polar surface area (TPSA) is 87.5 Å². The average molecular weight is 267 g/mol. The van der Waals surface area contributed by atoms with Crippen LogP contribution in [0.2, 0.25) is 0 Å². The van der Waals surface area contributed by atoms with Gasteiger partial charge in [0, 0.05) is 17.3 Å². The van der Waals surface area contributed by atoms with Crippen molar-refractivity contribution in [3.63, 3.8) is 0 Å². The molecular weight excluding hydrogens is 254 g/mol. The molecule has 100 valence electrons. The van der Waals surface area contributed by atoms with Crippen molar-refractivity contribution in [2.24, 2.45) is 0 Å². The summed E-state index contributed by atoms with van der Waals surface area (Å²) in [5, 5.41) is 18.0. The van der Waals surface area contributed by atoms with Crippen molar-refractivity contribution in [1.82, 2.24) is 14.5 Å². The highest BCUT2D eigenvalue weighted by atomic mass is 16.5. The fourth-order valence-electron chi connectivity index (χ4n) is 2.09. The highest BCUT2D eigenvalue weighted by Crippen LogP contribution is 2.24. The lowest BCUT2D eigenvalue weighted by atomic mass is 10.1. The summed E-state index contributed by atoms with van der Waals surface area (Å²) in [6, 6.07) is 3.89. The summed E-state index contributed by atoms with van der Waals surface area (Å²) in [6.07, 6.45) is 3.21. The van der Waals surface area contributed by atoms with Gasteiger partial charge in [-0.05, 0) is 13.8 Å². The molecule has 0 fully saturated rings. The average Bonchev–Trinajstić information content (AvgIpc) is 2.84. The quantitative estimate of drug-likeness (QED) is 0.844. The van der Waals surface area contributed by atoms with E-state index in [1.807, 2.05) is 26.0 Å². The molecule has 0 bridgehead atoms. The van der Waals surface area contributed by atoms with E-state index in [0.29, 0.717) is 6.54 Å². The summed E-state index contributed by atoms with van der Waals surface area (Å²) < 4.78 is 6.97. The summed E-state index contributed by atoms with van der Waals surface area (Å²) >= 11 is 0. The molecule has 2 aromatic heterocycles. The van der Waals surface area contributed by atoms with Gasteiger partial charge in [-0.2, -0.15) is 10.5 Å². The molecule has 0 aliphatic rings. The number of aromatic nitrogens is 3. The zero-order valence-corrected chi connectivity index (χ0v) is 11.5. The highest BCUT2D eigenvalue weighted by molar-refractivity contribution is 5.42. The van der Waals surface area contributed by atoms with E-state index in [9.17, 15) is 0 Å². The Morgan fingerprint density at radius 1 is 1.25 bits per heavy atom. The SMILES string of the molecule is COc1c(C)cnc(Cn2cnc(C#N)c2C#N)c1C. The predicted octanol–water partition coefficient (Wildman–Crippen LogP) is 1.70. The van der Waals surface area contributed by atoms with Gasteiger partial charge in [0.15, 0.2) is 11.4 Å². The third-order valence-electron chi connectivity index (χ3n) is 3.12. The van der Waals surface area contributed by atoms with E-state index in [2.05, 4.69) is 9.97 Å². The number of methoxy groups -OCH3 is 1. The van der Waals surface area contributed by atoms with Crippen molar-refractivity contribution in [1.29, 1.82) is 10.5 Å². The van der Waals surface area contributed by atoms with Crippen LogP contribution in [0.4, 0.5) is 0 Å². The Bertz CT molecular complexity index is 733. The Labute approximate surface area is 116 Å². The Kier molecular flexibility index (Phi) is 3.67. The second-order valence-corrected chi connectivity index (χ2v) is 4.34. The summed E-state index contributed by atoms with van der Waals surface area (Å²) in [4.78, 5) is 8.28. The first kappa shape index (κ1) is 13.6. The van der Waals surface area contributed by atoms with E-state index in [-0.39, 0.29) is 11.4 Å². The third kappa shape index (κ3) is 2.19. The summed E-state index contributed by atoms with van der Waals surface area (Å²) in [6.45, 7) is 4.22. The minimum Gasteiger partial charge on any atom is -0.496 e. The largest absolute Gasteiger partial charge is 0.496 e. The molecule has 2 aromatic rings. The van der Waals surface area contributed by atoms with E-state index in [1.165, 1.54) is 6.33 Å². The number of nitrogens with zero attached hydrogens (tertiary/aromatic N) is 5. The van der Waals surface area contributed by atoms with Gasteiger partial charge in [-0.15, -0.1) is 0 Å². The molecule has 0 saturated heterocycles. The van der Waals surface area contributed by atoms with Crippen LogP contribution in [0.1, 0.15) is 28.2 Å². The van der Waals surface area contributed by atoms with E-state index in [0.717, 1.165) is 22.6 Å². The molecule has 0 aromatic carbocycles. The van der Waals surface area contributed by atoms with Crippen LogP contribution in [0.25, 0.3) is 0 Å². The molecule has 0 amide bonds. The van der Waals surface area contributed by atoms with E-state index < -0.39 is 0 Å². The first-order valence-corrected chi connectivity index (χ1v) is 5.96. The number of aryl methyl sites for hydroxylation is 1. The smallest absolute Gasteiger partial charge is 0.176 e. The van der Waals surface area contributed by atoms with Gasteiger partial charge in [0.05, 0.1) is 25.7 Å². The molecule has 0 atom stereocenters. The molecule has 0 radical (unpaired) electrons. The second-order valence-electron chi connectivity index (χ2n) is 4.34. The van der Waals surface area contributed by atoms with Gasteiger partial charge in [-0.1, -0.05) is 0 Å². The van der Waals surface area contributed by atoms with Crippen molar-refractivity contribution < 1.29 is 4.74 Å². The van der Waals surface area contributed by atoms with E-state index >= 15 is 0 Å². The van der Waals surface area contributed by atoms with Crippen LogP contribution in [0.5, 0.6) is 5.75 Å². The maximum absolute atomic E-state index is 9.10. The van der Waals surface area contributed by atoms with Crippen LogP contribution in [0, 0.1) is 36.5 Å². The van der Waals surface area contributed by atoms with Gasteiger partial charge in [-0.3, -0.25) is 4.98 Å². The minimum atomic E-state index is 0.129. The van der Waals surface area contributed by atoms with Crippen LogP contribution >= 0.6 is 0 Å². The lowest BCUT2D eigenvalue weighted by molar-refractivity contribution is 0.406. The summed E-state index contributed by atoms with van der Waals surface area (Å²) in [5.41, 5.74) is 3.03. The third-order valence-corrected chi connectivity index (χ3v) is 3.12. The lowest BCUT2D eigenvalue weighted by Gasteiger charge is -2.12. The van der Waals surface area contributed by atoms with Crippen LogP contribution in [-0.2, 0) is 6.54 Å². The number of pyridine rings is 1. The molecule has 6 nitrogen and oxygen atoms in total. The lowest BCUT2D eigenvalue weighted by Crippen LogP contribution is -2.07. The Hall–Kier alpha value is -2.86. The summed E-state index contributed by atoms with van der Waals surface area (Å²) in [5.74, 6) is 0.786. The molecule has 0 aliphatic carbocycles. The monoisotopic (exact) mass is 267 g/mol. The molecule has 0 unspecified atom stereocenters. The fraction of sp³-hybridized carbons (Fsp3) is 0.286. The number of hydrogen-bond acceptors (Lipinski definition) is 5. The van der Waals surface area contributed by atoms with Crippen LogP contribution in [-0.4, -0.2) is 21.6 Å². The zero-order valence-electron chi connectivity index (χ0n) is 11.5. The van der Waals surface area contributed by atoms with Gasteiger partial charge in [-0.25, -0.2) is 4.98 Å². The second kappa shape index (κ2) is 5.41. The summed E-state index contributed by atoms with van der Waals surface area (Å²) in [7, 11) is 1.62. The standard InChI is InChI=1S/C14H13N5O/c1-9-6-17-12(10(2)14(9)20-3)7-19-8-18-11(4-15)13(19)5-16/h6,8H,7H2,1-3H3. The Balaban J connectivity index is 2.44. The highest BCUT2D eigenvalue weighted by Gasteiger charge is 2.14. The molecule has 6 heteroatoms. The number of hydrogen-bond donors (Lipinski definition) is 0. The van der Waals surface area contributed by atoms with Crippen molar-refractivity contribution in [2.75, 3.05) is 7.11 Å². The first-order chi connectivity index (χ1) is 9.62. The number of imidazole rings is 1. The van der Waals surface area contributed by atoms with Crippen molar-refractivity contribution >= 4 is 0 Å². The van der Waals surface area contributed by atoms with Crippen LogP contribution in [0.15, 0.2) is 12.5 Å². The van der Waals surface area contributed by atoms with Gasteiger partial charge in [0.2, 0.25) is 0 Å². The van der Waals surface area contributed by atoms with Crippen LogP contribution < -0.4 is 4.74 Å². The van der Waals surface area contributed by atoms with Gasteiger partial charge >= 0.3 is 0 Å². The molecule has 20 heavy (non-hydrogen) atoms. The molecule has 2 rings (SSSR count). The molecule has 0 spiro atoms. The molecule has 0 saturated carbocycles. The molecule has 0 N–H and O–H groups in total. The maximum Gasteiger partial charge on any atom is 0.176 e.